The van der Waals surface area contributed by atoms with Crippen molar-refractivity contribution >= 4 is 17.5 Å². The number of rotatable bonds is 7. The molecule has 0 bridgehead atoms. The van der Waals surface area contributed by atoms with Crippen molar-refractivity contribution < 1.29 is 14.4 Å². The number of benzene rings is 2. The smallest absolute Gasteiger partial charge is 0.265 e. The van der Waals surface area contributed by atoms with Gasteiger partial charge in [0.05, 0.1) is 5.71 Å². The third-order valence-corrected chi connectivity index (χ3v) is 4.61. The molecule has 0 saturated heterocycles. The van der Waals surface area contributed by atoms with Gasteiger partial charge < -0.3 is 15.5 Å². The first-order valence-electron chi connectivity index (χ1n) is 9.48. The van der Waals surface area contributed by atoms with Crippen molar-refractivity contribution in [2.24, 2.45) is 5.16 Å². The fourth-order valence-electron chi connectivity index (χ4n) is 3.06. The zero-order chi connectivity index (χ0) is 19.9. The summed E-state index contributed by atoms with van der Waals surface area (Å²) in [5.41, 5.74) is 3.80. The van der Waals surface area contributed by atoms with E-state index in [1.165, 1.54) is 0 Å². The van der Waals surface area contributed by atoms with Gasteiger partial charge >= 0.3 is 0 Å². The highest BCUT2D eigenvalue weighted by Gasteiger charge is 2.31. The second kappa shape index (κ2) is 9.17. The van der Waals surface area contributed by atoms with E-state index in [-0.39, 0.29) is 11.8 Å². The molecule has 6 nitrogen and oxygen atoms in total. The molecule has 0 spiro atoms. The Labute approximate surface area is 165 Å². The molecular weight excluding hydrogens is 354 g/mol. The van der Waals surface area contributed by atoms with E-state index in [2.05, 4.69) is 15.8 Å². The Morgan fingerprint density at radius 1 is 1.14 bits per heavy atom. The molecule has 1 aliphatic heterocycles. The Hall–Kier alpha value is -3.15. The normalized spacial score (nSPS) is 16.6. The summed E-state index contributed by atoms with van der Waals surface area (Å²) in [6.45, 7) is 4.36. The topological polar surface area (TPSA) is 79.8 Å². The summed E-state index contributed by atoms with van der Waals surface area (Å²) < 4.78 is 0. The maximum atomic E-state index is 12.7. The van der Waals surface area contributed by atoms with Gasteiger partial charge in [0, 0.05) is 19.4 Å². The van der Waals surface area contributed by atoms with Crippen molar-refractivity contribution in [2.45, 2.75) is 38.8 Å². The maximum Gasteiger partial charge on any atom is 0.265 e. The second-order valence-corrected chi connectivity index (χ2v) is 6.85. The van der Waals surface area contributed by atoms with Crippen LogP contribution in [0.5, 0.6) is 0 Å². The number of carbonyl (C=O) groups excluding carboxylic acids is 2. The van der Waals surface area contributed by atoms with Crippen molar-refractivity contribution in [3.05, 3.63) is 71.3 Å². The van der Waals surface area contributed by atoms with Crippen LogP contribution in [0.25, 0.3) is 0 Å². The predicted octanol–water partition coefficient (Wildman–Crippen LogP) is 2.35. The molecule has 0 fully saturated rings. The molecule has 0 aliphatic carbocycles. The molecule has 2 amide bonds. The number of hydrogen-bond donors (Lipinski definition) is 2. The average molecular weight is 379 g/mol. The van der Waals surface area contributed by atoms with Crippen LogP contribution in [-0.4, -0.2) is 36.2 Å². The molecule has 6 heteroatoms. The lowest BCUT2D eigenvalue weighted by molar-refractivity contribution is -0.135. The van der Waals surface area contributed by atoms with E-state index in [1.54, 1.807) is 0 Å². The fraction of sp³-hybridized carbons (Fsp3) is 0.318. The highest BCUT2D eigenvalue weighted by molar-refractivity contribution is 6.04. The van der Waals surface area contributed by atoms with Crippen molar-refractivity contribution in [3.8, 4) is 0 Å². The quantitative estimate of drug-likeness (QED) is 0.775. The number of carbonyl (C=O) groups is 2. The SMILES string of the molecule is CCNC(=O)[C@@H](Cc1ccccc1)NC(=O)[C@@H]1CC(c2ccc(C)cc2)=NO1. The first-order valence-corrected chi connectivity index (χ1v) is 9.48. The Kier molecular flexibility index (Phi) is 6.42. The van der Waals surface area contributed by atoms with Gasteiger partial charge in [-0.3, -0.25) is 9.59 Å². The standard InChI is InChI=1S/C22H25N3O3/c1-3-23-21(26)19(13-16-7-5-4-6-8-16)24-22(27)20-14-18(25-28-20)17-11-9-15(2)10-12-17/h4-12,19-20H,3,13-14H2,1-2H3,(H,23,26)(H,24,27)/t19-,20+/m1/s1. The first kappa shape index (κ1) is 19.6. The molecule has 1 aliphatic rings. The minimum absolute atomic E-state index is 0.211. The van der Waals surface area contributed by atoms with Gasteiger partial charge in [0.15, 0.2) is 0 Å². The Morgan fingerprint density at radius 2 is 1.86 bits per heavy atom. The van der Waals surface area contributed by atoms with Gasteiger partial charge in [-0.15, -0.1) is 0 Å². The molecule has 0 unspecified atom stereocenters. The van der Waals surface area contributed by atoms with E-state index in [1.807, 2.05) is 68.4 Å². The highest BCUT2D eigenvalue weighted by atomic mass is 16.6. The Bertz CT molecular complexity index is 847. The molecule has 2 atom stereocenters. The molecule has 1 heterocycles. The molecule has 146 valence electrons. The lowest BCUT2D eigenvalue weighted by Gasteiger charge is -2.19. The van der Waals surface area contributed by atoms with Crippen LogP contribution in [0.1, 0.15) is 30.0 Å². The lowest BCUT2D eigenvalue weighted by atomic mass is 10.0. The van der Waals surface area contributed by atoms with Crippen LogP contribution in [0.15, 0.2) is 59.8 Å². The van der Waals surface area contributed by atoms with Gasteiger partial charge in [0.25, 0.3) is 5.91 Å². The minimum atomic E-state index is -0.732. The Balaban J connectivity index is 1.63. The summed E-state index contributed by atoms with van der Waals surface area (Å²) in [7, 11) is 0. The first-order chi connectivity index (χ1) is 13.6. The molecule has 2 aromatic rings. The third-order valence-electron chi connectivity index (χ3n) is 4.61. The van der Waals surface area contributed by atoms with Crippen LogP contribution in [0.3, 0.4) is 0 Å². The summed E-state index contributed by atoms with van der Waals surface area (Å²) in [6, 6.07) is 16.9. The predicted molar refractivity (Wildman–Crippen MR) is 108 cm³/mol. The molecule has 28 heavy (non-hydrogen) atoms. The van der Waals surface area contributed by atoms with Crippen LogP contribution < -0.4 is 10.6 Å². The van der Waals surface area contributed by atoms with E-state index in [0.717, 1.165) is 22.4 Å². The molecule has 0 aromatic heterocycles. The largest absolute Gasteiger partial charge is 0.382 e. The second-order valence-electron chi connectivity index (χ2n) is 6.85. The summed E-state index contributed by atoms with van der Waals surface area (Å²) >= 11 is 0. The molecule has 0 saturated carbocycles. The number of amides is 2. The van der Waals surface area contributed by atoms with E-state index < -0.39 is 12.1 Å². The van der Waals surface area contributed by atoms with E-state index >= 15 is 0 Å². The summed E-state index contributed by atoms with van der Waals surface area (Å²) in [5, 5.41) is 9.67. The molecule has 0 radical (unpaired) electrons. The number of nitrogens with one attached hydrogen (secondary N) is 2. The zero-order valence-electron chi connectivity index (χ0n) is 16.1. The van der Waals surface area contributed by atoms with Gasteiger partial charge in [-0.05, 0) is 25.0 Å². The average Bonchev–Trinajstić information content (AvgIpc) is 3.19. The van der Waals surface area contributed by atoms with Gasteiger partial charge in [-0.25, -0.2) is 0 Å². The molecular formula is C22H25N3O3. The highest BCUT2D eigenvalue weighted by Crippen LogP contribution is 2.18. The van der Waals surface area contributed by atoms with Crippen LogP contribution in [0.2, 0.25) is 0 Å². The maximum absolute atomic E-state index is 12.7. The fourth-order valence-corrected chi connectivity index (χ4v) is 3.06. The molecule has 2 N–H and O–H groups in total. The van der Waals surface area contributed by atoms with E-state index in [4.69, 9.17) is 4.84 Å². The number of oxime groups is 1. The number of nitrogens with zero attached hydrogens (tertiary/aromatic N) is 1. The van der Waals surface area contributed by atoms with Crippen molar-refractivity contribution in [3.63, 3.8) is 0 Å². The summed E-state index contributed by atoms with van der Waals surface area (Å²) in [6.07, 6.45) is 0.0584. The van der Waals surface area contributed by atoms with E-state index in [0.29, 0.717) is 19.4 Å². The number of aryl methyl sites for hydroxylation is 1. The van der Waals surface area contributed by atoms with Crippen LogP contribution in [0.4, 0.5) is 0 Å². The summed E-state index contributed by atoms with van der Waals surface area (Å²) in [5.74, 6) is -0.546. The van der Waals surface area contributed by atoms with Gasteiger partial charge in [-0.2, -0.15) is 0 Å². The van der Waals surface area contributed by atoms with Crippen molar-refractivity contribution in [1.82, 2.24) is 10.6 Å². The lowest BCUT2D eigenvalue weighted by Crippen LogP contribution is -2.50. The van der Waals surface area contributed by atoms with E-state index in [9.17, 15) is 9.59 Å². The van der Waals surface area contributed by atoms with Crippen LogP contribution in [-0.2, 0) is 20.8 Å². The number of hydrogen-bond acceptors (Lipinski definition) is 4. The van der Waals surface area contributed by atoms with Crippen molar-refractivity contribution in [1.29, 1.82) is 0 Å². The van der Waals surface area contributed by atoms with Gasteiger partial charge in [0.1, 0.15) is 6.04 Å². The molecule has 2 aromatic carbocycles. The molecule has 3 rings (SSSR count). The third kappa shape index (κ3) is 4.97. The zero-order valence-corrected chi connectivity index (χ0v) is 16.1. The monoisotopic (exact) mass is 379 g/mol. The van der Waals surface area contributed by atoms with Crippen LogP contribution >= 0.6 is 0 Å². The summed E-state index contributed by atoms with van der Waals surface area (Å²) in [4.78, 5) is 30.5. The van der Waals surface area contributed by atoms with Crippen LogP contribution in [0, 0.1) is 6.92 Å². The number of likely N-dealkylation sites (N-methyl/N-ethyl adjacent to an activating group) is 1. The van der Waals surface area contributed by atoms with Gasteiger partial charge in [0.2, 0.25) is 12.0 Å². The minimum Gasteiger partial charge on any atom is -0.382 e. The Morgan fingerprint density at radius 3 is 2.54 bits per heavy atom. The van der Waals surface area contributed by atoms with Crippen molar-refractivity contribution in [2.75, 3.05) is 6.54 Å². The van der Waals surface area contributed by atoms with Gasteiger partial charge in [-0.1, -0.05) is 65.3 Å².